The monoisotopic (exact) mass is 636 g/mol. The van der Waals surface area contributed by atoms with Crippen LogP contribution in [0, 0.1) is 0 Å². The van der Waals surface area contributed by atoms with Crippen molar-refractivity contribution in [3.63, 3.8) is 0 Å². The highest BCUT2D eigenvalue weighted by Crippen LogP contribution is 2.35. The van der Waals surface area contributed by atoms with Crippen LogP contribution in [0.5, 0.6) is 0 Å². The van der Waals surface area contributed by atoms with Crippen molar-refractivity contribution < 1.29 is 37.9 Å². The molecule has 9 heteroatoms. The van der Waals surface area contributed by atoms with Gasteiger partial charge in [0.15, 0.2) is 6.10 Å². The Balaban J connectivity index is 4.18. The van der Waals surface area contributed by atoms with E-state index in [1.54, 1.807) is 0 Å². The van der Waals surface area contributed by atoms with Gasteiger partial charge in [-0.2, -0.15) is 0 Å². The van der Waals surface area contributed by atoms with Crippen LogP contribution in [0.2, 0.25) is 0 Å². The number of ether oxygens (including phenoxy) is 2. The lowest BCUT2D eigenvalue weighted by Gasteiger charge is -2.18. The van der Waals surface area contributed by atoms with E-state index < -0.39 is 32.5 Å². The minimum absolute atomic E-state index is 0.0839. The third kappa shape index (κ3) is 32.4. The molecular weight excluding hydrogens is 579 g/mol. The van der Waals surface area contributed by atoms with Crippen LogP contribution in [-0.4, -0.2) is 41.0 Å². The third-order valence-electron chi connectivity index (χ3n) is 6.25. The molecule has 44 heavy (non-hydrogen) atoms. The standard InChI is InChI=1S/C35H57O8P/c1-3-5-7-9-11-12-13-14-15-16-17-18-19-20-21-22-24-26-28-30-35(37)43-33(32-42-44(38,39)40)31-41-34(36)29-27-25-23-10-8-6-4-2/h5,7,11-12,14-15,17-18,20-21,24,26,33H,3-4,6,8-10,13,16,19,22-23,25,27-32H2,1-2H3,(H2,38,39,40)/b7-5+,12-11+,15-14+,18-17+,21-20+,26-24+/t33-/m1/s1. The van der Waals surface area contributed by atoms with E-state index in [-0.39, 0.29) is 19.4 Å². The smallest absolute Gasteiger partial charge is 0.462 e. The second kappa shape index (κ2) is 30.5. The molecule has 0 aliphatic carbocycles. The van der Waals surface area contributed by atoms with Gasteiger partial charge >= 0.3 is 19.8 Å². The van der Waals surface area contributed by atoms with Crippen molar-refractivity contribution in [2.75, 3.05) is 13.2 Å². The maximum absolute atomic E-state index is 12.2. The van der Waals surface area contributed by atoms with Crippen LogP contribution in [0.25, 0.3) is 0 Å². The van der Waals surface area contributed by atoms with E-state index in [0.717, 1.165) is 57.8 Å². The number of rotatable bonds is 28. The topological polar surface area (TPSA) is 119 Å². The van der Waals surface area contributed by atoms with E-state index in [1.807, 2.05) is 12.2 Å². The molecule has 0 fully saturated rings. The first kappa shape index (κ1) is 41.5. The van der Waals surface area contributed by atoms with Crippen molar-refractivity contribution in [3.8, 4) is 0 Å². The van der Waals surface area contributed by atoms with E-state index in [9.17, 15) is 14.2 Å². The average Bonchev–Trinajstić information content (AvgIpc) is 2.98. The number of hydrogen-bond donors (Lipinski definition) is 2. The summed E-state index contributed by atoms with van der Waals surface area (Å²) in [5, 5.41) is 0. The van der Waals surface area contributed by atoms with Crippen molar-refractivity contribution in [3.05, 3.63) is 72.9 Å². The van der Waals surface area contributed by atoms with Crippen LogP contribution in [0.1, 0.15) is 117 Å². The number of esters is 2. The van der Waals surface area contributed by atoms with Crippen LogP contribution in [0.3, 0.4) is 0 Å². The maximum Gasteiger partial charge on any atom is 0.469 e. The highest BCUT2D eigenvalue weighted by molar-refractivity contribution is 7.46. The van der Waals surface area contributed by atoms with E-state index in [0.29, 0.717) is 12.8 Å². The van der Waals surface area contributed by atoms with Gasteiger partial charge in [-0.05, 0) is 51.4 Å². The zero-order valence-corrected chi connectivity index (χ0v) is 27.9. The Morgan fingerprint density at radius 1 is 0.614 bits per heavy atom. The highest BCUT2D eigenvalue weighted by atomic mass is 31.2. The third-order valence-corrected chi connectivity index (χ3v) is 6.74. The van der Waals surface area contributed by atoms with Crippen LogP contribution >= 0.6 is 7.82 Å². The molecule has 0 aromatic carbocycles. The van der Waals surface area contributed by atoms with Gasteiger partial charge in [0.2, 0.25) is 0 Å². The Labute approximate surface area is 266 Å². The molecule has 0 aromatic heterocycles. The van der Waals surface area contributed by atoms with Crippen molar-refractivity contribution in [2.45, 2.75) is 123 Å². The van der Waals surface area contributed by atoms with Gasteiger partial charge in [0.1, 0.15) is 6.61 Å². The molecule has 0 aromatic rings. The molecule has 0 rings (SSSR count). The largest absolute Gasteiger partial charge is 0.469 e. The molecule has 0 amide bonds. The Hall–Kier alpha value is -2.51. The predicted octanol–water partition coefficient (Wildman–Crippen LogP) is 9.17. The molecule has 0 saturated heterocycles. The summed E-state index contributed by atoms with van der Waals surface area (Å²) < 4.78 is 26.0. The molecule has 0 radical (unpaired) electrons. The van der Waals surface area contributed by atoms with Gasteiger partial charge in [0, 0.05) is 12.8 Å². The molecule has 1 atom stereocenters. The van der Waals surface area contributed by atoms with Gasteiger partial charge in [-0.25, -0.2) is 4.57 Å². The van der Waals surface area contributed by atoms with Crippen LogP contribution < -0.4 is 0 Å². The van der Waals surface area contributed by atoms with Crippen molar-refractivity contribution in [1.29, 1.82) is 0 Å². The first-order valence-corrected chi connectivity index (χ1v) is 17.8. The summed E-state index contributed by atoms with van der Waals surface area (Å²) in [4.78, 5) is 42.3. The lowest BCUT2D eigenvalue weighted by Crippen LogP contribution is -2.29. The van der Waals surface area contributed by atoms with Crippen LogP contribution in [0.4, 0.5) is 0 Å². The lowest BCUT2D eigenvalue weighted by atomic mass is 10.1. The quantitative estimate of drug-likeness (QED) is 0.0378. The number of carbonyl (C=O) groups excluding carboxylic acids is 2. The van der Waals surface area contributed by atoms with Gasteiger partial charge in [-0.1, -0.05) is 125 Å². The average molecular weight is 637 g/mol. The van der Waals surface area contributed by atoms with E-state index in [2.05, 4.69) is 79.1 Å². The summed E-state index contributed by atoms with van der Waals surface area (Å²) in [6.45, 7) is 3.41. The Morgan fingerprint density at radius 3 is 1.59 bits per heavy atom. The molecule has 2 N–H and O–H groups in total. The zero-order chi connectivity index (χ0) is 32.6. The summed E-state index contributed by atoms with van der Waals surface area (Å²) >= 11 is 0. The van der Waals surface area contributed by atoms with Crippen molar-refractivity contribution in [1.82, 2.24) is 0 Å². The minimum Gasteiger partial charge on any atom is -0.462 e. The van der Waals surface area contributed by atoms with Crippen LogP contribution in [0.15, 0.2) is 72.9 Å². The molecule has 8 nitrogen and oxygen atoms in total. The summed E-state index contributed by atoms with van der Waals surface area (Å²) in [5.74, 6) is -0.999. The number of phosphoric acid groups is 1. The fraction of sp³-hybridized carbons (Fsp3) is 0.600. The van der Waals surface area contributed by atoms with Crippen molar-refractivity contribution >= 4 is 19.8 Å². The maximum atomic E-state index is 12.2. The van der Waals surface area contributed by atoms with Gasteiger partial charge in [0.05, 0.1) is 6.61 Å². The lowest BCUT2D eigenvalue weighted by molar-refractivity contribution is -0.161. The fourth-order valence-electron chi connectivity index (χ4n) is 3.87. The van der Waals surface area contributed by atoms with Gasteiger partial charge in [-0.15, -0.1) is 0 Å². The molecule has 0 bridgehead atoms. The first-order valence-electron chi connectivity index (χ1n) is 16.2. The van der Waals surface area contributed by atoms with E-state index >= 15 is 0 Å². The Bertz CT molecular complexity index is 942. The second-order valence-electron chi connectivity index (χ2n) is 10.4. The molecule has 0 heterocycles. The predicted molar refractivity (Wildman–Crippen MR) is 179 cm³/mol. The SMILES string of the molecule is CC/C=C/C/C=C/C/C=C/C/C=C/C/C=C/C/C=C/CCC(=O)O[C@H](COC(=O)CCCCCCCCC)COP(=O)(O)O. The van der Waals surface area contributed by atoms with Gasteiger partial charge in [-0.3, -0.25) is 14.1 Å². The van der Waals surface area contributed by atoms with E-state index in [1.165, 1.54) is 19.3 Å². The molecular formula is C35H57O8P. The Morgan fingerprint density at radius 2 is 1.09 bits per heavy atom. The van der Waals surface area contributed by atoms with Gasteiger partial charge in [0.25, 0.3) is 0 Å². The fourth-order valence-corrected chi connectivity index (χ4v) is 4.23. The second-order valence-corrected chi connectivity index (χ2v) is 11.6. The molecule has 0 aliphatic rings. The van der Waals surface area contributed by atoms with Gasteiger partial charge < -0.3 is 19.3 Å². The van der Waals surface area contributed by atoms with Crippen molar-refractivity contribution in [2.24, 2.45) is 0 Å². The Kier molecular flexibility index (Phi) is 28.8. The minimum atomic E-state index is -4.76. The van der Waals surface area contributed by atoms with E-state index in [4.69, 9.17) is 19.3 Å². The summed E-state index contributed by atoms with van der Waals surface area (Å²) in [7, 11) is -4.76. The molecule has 0 spiro atoms. The number of unbranched alkanes of at least 4 members (excludes halogenated alkanes) is 6. The summed E-state index contributed by atoms with van der Waals surface area (Å²) in [6, 6.07) is 0. The summed E-state index contributed by atoms with van der Waals surface area (Å²) in [6.07, 6.45) is 38.0. The normalized spacial score (nSPS) is 13.5. The number of phosphoric ester groups is 1. The summed E-state index contributed by atoms with van der Waals surface area (Å²) in [5.41, 5.74) is 0. The highest BCUT2D eigenvalue weighted by Gasteiger charge is 2.22. The zero-order valence-electron chi connectivity index (χ0n) is 27.0. The number of hydrogen-bond acceptors (Lipinski definition) is 6. The number of carbonyl (C=O) groups is 2. The van der Waals surface area contributed by atoms with Crippen LogP contribution in [-0.2, 0) is 28.2 Å². The first-order chi connectivity index (χ1) is 21.3. The molecule has 0 aliphatic heterocycles. The molecule has 250 valence electrons. The molecule has 0 unspecified atom stereocenters. The molecule has 0 saturated carbocycles. The number of allylic oxidation sites excluding steroid dienone is 12.